The Labute approximate surface area is 208 Å². The minimum atomic E-state index is -2.57. The summed E-state index contributed by atoms with van der Waals surface area (Å²) in [5.41, 5.74) is 4.32. The number of aryl methyl sites for hydroxylation is 1. The van der Waals surface area contributed by atoms with Crippen molar-refractivity contribution in [3.05, 3.63) is 59.4 Å². The zero-order chi connectivity index (χ0) is 24.4. The highest BCUT2D eigenvalue weighted by Crippen LogP contribution is 2.34. The van der Waals surface area contributed by atoms with E-state index in [9.17, 15) is 8.78 Å². The number of piperazine rings is 1. The summed E-state index contributed by atoms with van der Waals surface area (Å²) in [6.45, 7) is 6.95. The molecule has 1 saturated heterocycles. The van der Waals surface area contributed by atoms with Crippen LogP contribution in [0.15, 0.2) is 52.8 Å². The molecular formula is C26H32F2N6S. The predicted octanol–water partition coefficient (Wildman–Crippen LogP) is 4.91. The van der Waals surface area contributed by atoms with E-state index in [0.717, 1.165) is 49.2 Å². The Balaban J connectivity index is 1.29. The summed E-state index contributed by atoms with van der Waals surface area (Å²) in [5.74, 6) is 4.60. The number of alkyl halides is 2. The second-order valence-corrected chi connectivity index (χ2v) is 11.1. The summed E-state index contributed by atoms with van der Waals surface area (Å²) < 4.78 is 30.6. The molecule has 9 heteroatoms. The van der Waals surface area contributed by atoms with Crippen LogP contribution < -0.4 is 4.31 Å². The molecule has 3 aliphatic rings. The van der Waals surface area contributed by atoms with E-state index in [1.54, 1.807) is 6.20 Å². The standard InChI is InChI=1S/C26H32F2N6S/c1-19-5-3-8-23(15-19)34(35(2)33-13-11-32(12-14-33)22-6-4-7-22)18-21-10-9-20(17-29-21)24-16-25(26(27)28)31-30-24/h3,5,8-10,15,17,22,26H,2,4,6-7,11-14,16,18H2,1H3. The van der Waals surface area contributed by atoms with Crippen molar-refractivity contribution in [2.45, 2.75) is 51.6 Å². The molecule has 2 fully saturated rings. The molecule has 1 unspecified atom stereocenters. The van der Waals surface area contributed by atoms with E-state index in [0.29, 0.717) is 12.3 Å². The van der Waals surface area contributed by atoms with Crippen LogP contribution in [0.3, 0.4) is 0 Å². The lowest BCUT2D eigenvalue weighted by molar-refractivity contribution is 0.0917. The highest BCUT2D eigenvalue weighted by molar-refractivity contribution is 8.13. The zero-order valence-electron chi connectivity index (χ0n) is 20.1. The van der Waals surface area contributed by atoms with Gasteiger partial charge < -0.3 is 4.31 Å². The van der Waals surface area contributed by atoms with Gasteiger partial charge in [0.1, 0.15) is 5.71 Å². The molecule has 1 aromatic carbocycles. The first kappa shape index (κ1) is 24.2. The molecule has 3 heterocycles. The van der Waals surface area contributed by atoms with Crippen LogP contribution in [0.5, 0.6) is 0 Å². The molecule has 35 heavy (non-hydrogen) atoms. The van der Waals surface area contributed by atoms with Gasteiger partial charge in [-0.25, -0.2) is 13.1 Å². The van der Waals surface area contributed by atoms with Gasteiger partial charge in [0, 0.05) is 56.1 Å². The van der Waals surface area contributed by atoms with Crippen LogP contribution in [0.1, 0.15) is 42.5 Å². The number of halogens is 2. The molecule has 5 rings (SSSR count). The van der Waals surface area contributed by atoms with Crippen molar-refractivity contribution in [2.75, 3.05) is 30.5 Å². The minimum absolute atomic E-state index is 0.0727. The SMILES string of the molecule is C=S(N1CCN(C2CCC2)CC1)N(Cc1ccc(C2=NN=C(C(F)F)C2)cn1)c1cccc(C)c1. The number of anilines is 1. The first-order chi connectivity index (χ1) is 17.0. The van der Waals surface area contributed by atoms with E-state index in [1.807, 2.05) is 12.1 Å². The van der Waals surface area contributed by atoms with Crippen LogP contribution >= 0.6 is 10.9 Å². The summed E-state index contributed by atoms with van der Waals surface area (Å²) in [4.78, 5) is 7.29. The van der Waals surface area contributed by atoms with E-state index in [4.69, 9.17) is 0 Å². The van der Waals surface area contributed by atoms with Gasteiger partial charge in [-0.15, -0.1) is 0 Å². The summed E-state index contributed by atoms with van der Waals surface area (Å²) in [7, 11) is -0.359. The first-order valence-corrected chi connectivity index (χ1v) is 13.5. The maximum Gasteiger partial charge on any atom is 0.278 e. The van der Waals surface area contributed by atoms with Gasteiger partial charge in [0.15, 0.2) is 0 Å². The van der Waals surface area contributed by atoms with Crippen LogP contribution in [0.2, 0.25) is 0 Å². The van der Waals surface area contributed by atoms with Crippen molar-refractivity contribution in [2.24, 2.45) is 10.2 Å². The number of benzene rings is 1. The Morgan fingerprint density at radius 2 is 1.91 bits per heavy atom. The molecule has 186 valence electrons. The summed E-state index contributed by atoms with van der Waals surface area (Å²) in [6.07, 6.45) is 3.27. The fourth-order valence-corrected chi connectivity index (χ4v) is 6.23. The van der Waals surface area contributed by atoms with Crippen molar-refractivity contribution < 1.29 is 8.78 Å². The summed E-state index contributed by atoms with van der Waals surface area (Å²) >= 11 is 0. The van der Waals surface area contributed by atoms with Gasteiger partial charge in [-0.1, -0.05) is 18.6 Å². The second-order valence-electron chi connectivity index (χ2n) is 9.42. The molecule has 1 aromatic heterocycles. The maximum absolute atomic E-state index is 12.9. The lowest BCUT2D eigenvalue weighted by atomic mass is 9.91. The number of pyridine rings is 1. The third-order valence-electron chi connectivity index (χ3n) is 7.07. The van der Waals surface area contributed by atoms with Gasteiger partial charge in [0.05, 0.1) is 18.0 Å². The van der Waals surface area contributed by atoms with Crippen molar-refractivity contribution >= 4 is 33.8 Å². The van der Waals surface area contributed by atoms with Gasteiger partial charge in [0.25, 0.3) is 6.43 Å². The number of nitrogens with zero attached hydrogens (tertiary/aromatic N) is 6. The lowest BCUT2D eigenvalue weighted by Crippen LogP contribution is -2.51. The third kappa shape index (κ3) is 5.52. The number of hydrogen-bond acceptors (Lipinski definition) is 6. The van der Waals surface area contributed by atoms with E-state index in [1.165, 1.54) is 24.8 Å². The molecule has 0 bridgehead atoms. The predicted molar refractivity (Wildman–Crippen MR) is 142 cm³/mol. The Bertz CT molecular complexity index is 1120. The zero-order valence-corrected chi connectivity index (χ0v) is 20.9. The summed E-state index contributed by atoms with van der Waals surface area (Å²) in [5, 5.41) is 7.54. The van der Waals surface area contributed by atoms with Gasteiger partial charge in [-0.05, 0) is 66.3 Å². The molecule has 1 saturated carbocycles. The largest absolute Gasteiger partial charge is 0.304 e. The molecule has 6 nitrogen and oxygen atoms in total. The monoisotopic (exact) mass is 498 g/mol. The van der Waals surface area contributed by atoms with Gasteiger partial charge in [0.2, 0.25) is 0 Å². The normalized spacial score (nSPS) is 20.5. The molecular weight excluding hydrogens is 466 g/mol. The molecule has 0 amide bonds. The van der Waals surface area contributed by atoms with E-state index in [2.05, 4.69) is 65.8 Å². The molecule has 1 atom stereocenters. The highest BCUT2D eigenvalue weighted by Gasteiger charge is 2.29. The van der Waals surface area contributed by atoms with E-state index >= 15 is 0 Å². The number of hydrogen-bond donors (Lipinski definition) is 0. The topological polar surface area (TPSA) is 47.3 Å². The van der Waals surface area contributed by atoms with E-state index in [-0.39, 0.29) is 23.0 Å². The molecule has 0 N–H and O–H groups in total. The van der Waals surface area contributed by atoms with Crippen molar-refractivity contribution in [1.29, 1.82) is 0 Å². The maximum atomic E-state index is 12.9. The van der Waals surface area contributed by atoms with Crippen LogP contribution in [0, 0.1) is 6.92 Å². The van der Waals surface area contributed by atoms with Crippen molar-refractivity contribution in [3.63, 3.8) is 0 Å². The quantitative estimate of drug-likeness (QED) is 0.485. The lowest BCUT2D eigenvalue weighted by Gasteiger charge is -2.45. The number of rotatable bonds is 8. The molecule has 0 radical (unpaired) electrons. The van der Waals surface area contributed by atoms with Crippen molar-refractivity contribution in [1.82, 2.24) is 14.2 Å². The average molecular weight is 499 g/mol. The van der Waals surface area contributed by atoms with Crippen LogP contribution in [-0.4, -0.2) is 70.1 Å². The van der Waals surface area contributed by atoms with Gasteiger partial charge >= 0.3 is 0 Å². The Morgan fingerprint density at radius 1 is 1.11 bits per heavy atom. The fourth-order valence-electron chi connectivity index (χ4n) is 4.72. The molecule has 2 aromatic rings. The van der Waals surface area contributed by atoms with Crippen LogP contribution in [-0.2, 0) is 6.54 Å². The van der Waals surface area contributed by atoms with Crippen LogP contribution in [0.4, 0.5) is 14.5 Å². The minimum Gasteiger partial charge on any atom is -0.304 e. The number of aromatic nitrogens is 1. The Morgan fingerprint density at radius 3 is 2.51 bits per heavy atom. The fraction of sp³-hybridized carbons (Fsp3) is 0.462. The second kappa shape index (κ2) is 10.6. The smallest absolute Gasteiger partial charge is 0.278 e. The Kier molecular flexibility index (Phi) is 7.36. The average Bonchev–Trinajstić information content (AvgIpc) is 3.33. The molecule has 1 aliphatic carbocycles. The Hall–Kier alpha value is -2.49. The first-order valence-electron chi connectivity index (χ1n) is 12.2. The summed E-state index contributed by atoms with van der Waals surface area (Å²) in [6, 6.07) is 13.1. The third-order valence-corrected chi connectivity index (χ3v) is 8.88. The molecule has 0 spiro atoms. The van der Waals surface area contributed by atoms with Crippen LogP contribution in [0.25, 0.3) is 0 Å². The van der Waals surface area contributed by atoms with Gasteiger partial charge in [-0.3, -0.25) is 9.88 Å². The van der Waals surface area contributed by atoms with Gasteiger partial charge in [-0.2, -0.15) is 10.2 Å². The molecule has 2 aliphatic heterocycles. The van der Waals surface area contributed by atoms with Crippen molar-refractivity contribution in [3.8, 4) is 0 Å². The van der Waals surface area contributed by atoms with E-state index < -0.39 is 6.43 Å². The highest BCUT2D eigenvalue weighted by atomic mass is 32.2.